The molecule has 2 fully saturated rings. The minimum Gasteiger partial charge on any atom is -0.444 e. The topological polar surface area (TPSA) is 166 Å². The van der Waals surface area contributed by atoms with E-state index in [0.717, 1.165) is 12.8 Å². The van der Waals surface area contributed by atoms with E-state index in [1.807, 2.05) is 4.90 Å². The highest BCUT2D eigenvalue weighted by Gasteiger charge is 2.48. The summed E-state index contributed by atoms with van der Waals surface area (Å²) < 4.78 is 22.2. The highest BCUT2D eigenvalue weighted by atomic mass is 19.1. The average Bonchev–Trinajstić information content (AvgIpc) is 3.42. The third-order valence-electron chi connectivity index (χ3n) is 7.01. The van der Waals surface area contributed by atoms with E-state index in [-0.39, 0.29) is 37.4 Å². The Morgan fingerprint density at radius 2 is 1.97 bits per heavy atom. The molecule has 13 heteroatoms. The molecular weight excluding hydrogens is 505 g/mol. The maximum Gasteiger partial charge on any atom is 0.408 e. The predicted octanol–water partition coefficient (Wildman–Crippen LogP) is 1.81. The van der Waals surface area contributed by atoms with Gasteiger partial charge in [0.05, 0.1) is 19.4 Å². The molecule has 2 aromatic heterocycles. The lowest BCUT2D eigenvalue weighted by molar-refractivity contribution is -0.127. The van der Waals surface area contributed by atoms with Crippen molar-refractivity contribution in [1.82, 2.24) is 30.2 Å². The van der Waals surface area contributed by atoms with Gasteiger partial charge < -0.3 is 36.3 Å². The number of nitrogen functional groups attached to an aromatic ring is 1. The number of carbonyl (C=O) groups is 2. The number of halogens is 1. The van der Waals surface area contributed by atoms with Crippen LogP contribution in [0.25, 0.3) is 11.2 Å². The van der Waals surface area contributed by atoms with E-state index in [0.29, 0.717) is 40.9 Å². The first-order chi connectivity index (χ1) is 18.5. The summed E-state index contributed by atoms with van der Waals surface area (Å²) in [4.78, 5) is 40.9. The van der Waals surface area contributed by atoms with Crippen molar-refractivity contribution in [1.29, 1.82) is 0 Å². The van der Waals surface area contributed by atoms with Crippen LogP contribution in [-0.2, 0) is 22.6 Å². The highest BCUT2D eigenvalue weighted by molar-refractivity contribution is 5.92. The van der Waals surface area contributed by atoms with Gasteiger partial charge in [0.2, 0.25) is 5.91 Å². The Morgan fingerprint density at radius 3 is 2.67 bits per heavy atom. The maximum atomic E-state index is 15.0. The largest absolute Gasteiger partial charge is 0.444 e. The highest BCUT2D eigenvalue weighted by Crippen LogP contribution is 2.34. The maximum absolute atomic E-state index is 15.0. The van der Waals surface area contributed by atoms with Gasteiger partial charge >= 0.3 is 6.09 Å². The zero-order chi connectivity index (χ0) is 27.9. The molecule has 208 valence electrons. The Labute approximate surface area is 225 Å². The van der Waals surface area contributed by atoms with Crippen LogP contribution in [0.4, 0.5) is 20.7 Å². The van der Waals surface area contributed by atoms with Gasteiger partial charge in [0.15, 0.2) is 11.5 Å². The monoisotopic (exact) mass is 539 g/mol. The van der Waals surface area contributed by atoms with Crippen LogP contribution in [0.5, 0.6) is 0 Å². The molecular formula is C26H34FN9O3. The summed E-state index contributed by atoms with van der Waals surface area (Å²) in [5.74, 6) is -0.441. The van der Waals surface area contributed by atoms with Crippen molar-refractivity contribution in [2.45, 2.75) is 70.3 Å². The molecule has 1 aliphatic carbocycles. The smallest absolute Gasteiger partial charge is 0.408 e. The zero-order valence-corrected chi connectivity index (χ0v) is 22.3. The molecule has 5 rings (SSSR count). The van der Waals surface area contributed by atoms with Gasteiger partial charge in [-0.15, -0.1) is 0 Å². The van der Waals surface area contributed by atoms with E-state index in [1.54, 1.807) is 37.7 Å². The van der Waals surface area contributed by atoms with E-state index in [9.17, 15) is 14.0 Å². The summed E-state index contributed by atoms with van der Waals surface area (Å²) in [7, 11) is 0. The number of hydrogen-bond acceptors (Lipinski definition) is 9. The average molecular weight is 540 g/mol. The van der Waals surface area contributed by atoms with Crippen LogP contribution in [0.3, 0.4) is 0 Å². The number of fused-ring (bicyclic) bond motifs is 1. The number of imidazole rings is 1. The molecule has 0 bridgehead atoms. The first-order valence-electron chi connectivity index (χ1n) is 13.0. The van der Waals surface area contributed by atoms with Crippen LogP contribution in [-0.4, -0.2) is 61.8 Å². The number of rotatable bonds is 7. The summed E-state index contributed by atoms with van der Waals surface area (Å²) in [6, 6.07) is 3.16. The lowest BCUT2D eigenvalue weighted by Gasteiger charge is -2.32. The number of nitrogens with zero attached hydrogens (tertiary/aromatic N) is 5. The molecule has 1 saturated heterocycles. The first kappa shape index (κ1) is 26.6. The van der Waals surface area contributed by atoms with Gasteiger partial charge in [-0.3, -0.25) is 4.79 Å². The molecule has 1 aliphatic heterocycles. The lowest BCUT2D eigenvalue weighted by atomic mass is 9.97. The minimum atomic E-state index is -1.22. The van der Waals surface area contributed by atoms with Crippen molar-refractivity contribution in [3.8, 4) is 0 Å². The van der Waals surface area contributed by atoms with E-state index in [2.05, 4.69) is 25.6 Å². The molecule has 1 saturated carbocycles. The fourth-order valence-electron chi connectivity index (χ4n) is 4.94. The number of ether oxygens (including phenoxy) is 1. The van der Waals surface area contributed by atoms with Crippen molar-refractivity contribution in [3.63, 3.8) is 0 Å². The third kappa shape index (κ3) is 5.44. The second-order valence-electron chi connectivity index (χ2n) is 11.2. The van der Waals surface area contributed by atoms with Gasteiger partial charge in [-0.2, -0.15) is 0 Å². The Morgan fingerprint density at radius 1 is 1.21 bits per heavy atom. The second-order valence-corrected chi connectivity index (χ2v) is 11.2. The third-order valence-corrected chi connectivity index (χ3v) is 7.01. The molecule has 2 aliphatic rings. The number of benzene rings is 1. The summed E-state index contributed by atoms with van der Waals surface area (Å²) in [5.41, 5.74) is 12.6. The summed E-state index contributed by atoms with van der Waals surface area (Å²) in [6.45, 7) is 6.09. The molecule has 2 amide bonds. The standard InChI is InChI=1S/C26H34FN9O3/c1-25(2,3)39-24(38)34-26(23(37)33-15-4-5-15)8-9-35(12-26)19-7-6-18(27)16(10-28)17(19)11-36-14-32-20-21(29)30-13-31-22(20)36/h6-7,13-15H,4-5,8-12,28H2,1-3H3,(H,33,37)(H,34,38)(H2,29,30,31)/t26-/m1/s1. The normalized spacial score (nSPS) is 19.4. The zero-order valence-electron chi connectivity index (χ0n) is 22.3. The lowest BCUT2D eigenvalue weighted by Crippen LogP contribution is -2.61. The molecule has 12 nitrogen and oxygen atoms in total. The number of nitrogens with one attached hydrogen (secondary N) is 2. The van der Waals surface area contributed by atoms with Crippen molar-refractivity contribution in [3.05, 3.63) is 41.7 Å². The molecule has 0 spiro atoms. The predicted molar refractivity (Wildman–Crippen MR) is 143 cm³/mol. The number of anilines is 2. The van der Waals surface area contributed by atoms with Crippen LogP contribution < -0.4 is 27.0 Å². The number of nitrogens with two attached hydrogens (primary N) is 2. The molecule has 0 unspecified atom stereocenters. The van der Waals surface area contributed by atoms with Crippen LogP contribution in [0.2, 0.25) is 0 Å². The quantitative estimate of drug-likeness (QED) is 0.350. The van der Waals surface area contributed by atoms with E-state index in [4.69, 9.17) is 16.2 Å². The molecule has 3 heterocycles. The van der Waals surface area contributed by atoms with Gasteiger partial charge in [0.1, 0.15) is 28.8 Å². The van der Waals surface area contributed by atoms with Gasteiger partial charge in [-0.1, -0.05) is 0 Å². The Balaban J connectivity index is 1.49. The number of aromatic nitrogens is 4. The molecule has 6 N–H and O–H groups in total. The molecule has 1 aromatic carbocycles. The molecule has 39 heavy (non-hydrogen) atoms. The fraction of sp³-hybridized carbons (Fsp3) is 0.500. The molecule has 1 atom stereocenters. The first-order valence-corrected chi connectivity index (χ1v) is 13.0. The van der Waals surface area contributed by atoms with Gasteiger partial charge in [-0.05, 0) is 52.2 Å². The van der Waals surface area contributed by atoms with Gasteiger partial charge in [0.25, 0.3) is 0 Å². The molecule has 3 aromatic rings. The van der Waals surface area contributed by atoms with Crippen molar-refractivity contribution < 1.29 is 18.7 Å². The van der Waals surface area contributed by atoms with E-state index in [1.165, 1.54) is 12.4 Å². The Kier molecular flexibility index (Phi) is 6.79. The van der Waals surface area contributed by atoms with Gasteiger partial charge in [0, 0.05) is 35.9 Å². The summed E-state index contributed by atoms with van der Waals surface area (Å²) in [5, 5.41) is 5.89. The van der Waals surface area contributed by atoms with Crippen LogP contribution in [0.15, 0.2) is 24.8 Å². The van der Waals surface area contributed by atoms with E-state index < -0.39 is 23.1 Å². The van der Waals surface area contributed by atoms with Crippen molar-refractivity contribution in [2.75, 3.05) is 23.7 Å². The number of alkyl carbamates (subject to hydrolysis) is 1. The Bertz CT molecular complexity index is 1420. The fourth-order valence-corrected chi connectivity index (χ4v) is 4.94. The molecule has 0 radical (unpaired) electrons. The van der Waals surface area contributed by atoms with Crippen molar-refractivity contribution >= 4 is 34.7 Å². The Hall–Kier alpha value is -4.00. The van der Waals surface area contributed by atoms with Crippen LogP contribution >= 0.6 is 0 Å². The SMILES string of the molecule is CC(C)(C)OC(=O)N[C@]1(C(=O)NC2CC2)CCN(c2ccc(F)c(CN)c2Cn2cnc3c(N)ncnc32)C1. The van der Waals surface area contributed by atoms with Gasteiger partial charge in [-0.25, -0.2) is 24.1 Å². The van der Waals surface area contributed by atoms with Crippen molar-refractivity contribution in [2.24, 2.45) is 5.73 Å². The van der Waals surface area contributed by atoms with E-state index >= 15 is 0 Å². The van der Waals surface area contributed by atoms with Crippen LogP contribution in [0.1, 0.15) is 51.2 Å². The summed E-state index contributed by atoms with van der Waals surface area (Å²) >= 11 is 0. The number of hydrogen-bond donors (Lipinski definition) is 4. The minimum absolute atomic E-state index is 0.0317. The number of amides is 2. The second kappa shape index (κ2) is 9.95. The summed E-state index contributed by atoms with van der Waals surface area (Å²) in [6.07, 6.45) is 4.42. The van der Waals surface area contributed by atoms with Crippen LogP contribution in [0, 0.1) is 5.82 Å². The number of carbonyl (C=O) groups excluding carboxylic acids is 2.